The standard InChI is InChI=1S/C35H55BF2N2O3Si/c1-10-12-14-27-17-25(11-2)20-31-30(27)15-13-16-33(31)40(36(7)42)23-34(43-44(8,9)35(4,5)6)32(39-24(3)41)21-26-18-28(37)22-29(38)19-26/h17-20,22,32-34,42H,10-16,21,23H2,1-9H3,(H,39,41)/t32-,33-,34+/m0/s1. The summed E-state index contributed by atoms with van der Waals surface area (Å²) in [5.41, 5.74) is 5.88. The van der Waals surface area contributed by atoms with Crippen LogP contribution in [0.5, 0.6) is 0 Å². The predicted molar refractivity (Wildman–Crippen MR) is 180 cm³/mol. The van der Waals surface area contributed by atoms with Crippen LogP contribution >= 0.6 is 0 Å². The first-order valence-electron chi connectivity index (χ1n) is 16.5. The predicted octanol–water partition coefficient (Wildman–Crippen LogP) is 7.80. The number of nitrogens with zero attached hydrogens (tertiary/aromatic N) is 1. The first-order chi connectivity index (χ1) is 20.6. The summed E-state index contributed by atoms with van der Waals surface area (Å²) >= 11 is 0. The van der Waals surface area contributed by atoms with Crippen LogP contribution in [-0.4, -0.2) is 49.8 Å². The molecule has 44 heavy (non-hydrogen) atoms. The highest BCUT2D eigenvalue weighted by Gasteiger charge is 2.43. The van der Waals surface area contributed by atoms with Crippen molar-refractivity contribution >= 4 is 21.3 Å². The van der Waals surface area contributed by atoms with Gasteiger partial charge in [-0.1, -0.05) is 53.2 Å². The van der Waals surface area contributed by atoms with Crippen molar-refractivity contribution in [3.8, 4) is 0 Å². The fourth-order valence-electron chi connectivity index (χ4n) is 6.26. The first kappa shape index (κ1) is 36.4. The lowest BCUT2D eigenvalue weighted by atomic mass is 9.75. The SMILES string of the molecule is CCCCc1cc(CC)cc2c1CCC[C@@H]2N(C[C@@H](O[Si](C)(C)C(C)(C)C)[C@H](Cc1cc(F)cc(F)c1)NC(C)=O)B(C)O. The fraction of sp³-hybridized carbons (Fsp3) is 0.629. The summed E-state index contributed by atoms with van der Waals surface area (Å²) in [7, 11) is -3.16. The van der Waals surface area contributed by atoms with Gasteiger partial charge < -0.3 is 19.6 Å². The van der Waals surface area contributed by atoms with Crippen LogP contribution < -0.4 is 5.32 Å². The highest BCUT2D eigenvalue weighted by Crippen LogP contribution is 2.40. The molecule has 1 aliphatic carbocycles. The average Bonchev–Trinajstić information content (AvgIpc) is 2.91. The zero-order valence-electron chi connectivity index (χ0n) is 28.5. The van der Waals surface area contributed by atoms with Gasteiger partial charge in [0.25, 0.3) is 0 Å². The number of hydrogen-bond acceptors (Lipinski definition) is 4. The number of aryl methyl sites for hydroxylation is 2. The molecule has 5 nitrogen and oxygen atoms in total. The van der Waals surface area contributed by atoms with E-state index in [2.05, 4.69) is 70.0 Å². The van der Waals surface area contributed by atoms with Crippen LogP contribution in [0.2, 0.25) is 25.0 Å². The summed E-state index contributed by atoms with van der Waals surface area (Å²) < 4.78 is 35.6. The Balaban J connectivity index is 2.10. The van der Waals surface area contributed by atoms with E-state index in [0.717, 1.165) is 51.0 Å². The molecule has 0 radical (unpaired) electrons. The Morgan fingerprint density at radius 2 is 1.80 bits per heavy atom. The number of carbonyl (C=O) groups is 1. The number of hydrogen-bond donors (Lipinski definition) is 2. The van der Waals surface area contributed by atoms with Crippen LogP contribution in [0.25, 0.3) is 0 Å². The molecule has 0 bridgehead atoms. The third-order valence-electron chi connectivity index (χ3n) is 9.65. The highest BCUT2D eigenvalue weighted by molar-refractivity contribution is 6.74. The Labute approximate surface area is 266 Å². The van der Waals surface area contributed by atoms with Crippen molar-refractivity contribution in [1.82, 2.24) is 10.1 Å². The summed E-state index contributed by atoms with van der Waals surface area (Å²) in [6.45, 7) is 18.9. The number of benzene rings is 2. The quantitative estimate of drug-likeness (QED) is 0.210. The highest BCUT2D eigenvalue weighted by atomic mass is 28.4. The van der Waals surface area contributed by atoms with E-state index in [-0.39, 0.29) is 23.4 Å². The van der Waals surface area contributed by atoms with Crippen LogP contribution in [0.3, 0.4) is 0 Å². The van der Waals surface area contributed by atoms with E-state index in [9.17, 15) is 18.6 Å². The summed E-state index contributed by atoms with van der Waals surface area (Å²) in [4.78, 5) is 14.7. The van der Waals surface area contributed by atoms with E-state index in [0.29, 0.717) is 12.1 Å². The molecule has 0 fully saturated rings. The van der Waals surface area contributed by atoms with E-state index >= 15 is 0 Å². The Bertz CT molecular complexity index is 1250. The van der Waals surface area contributed by atoms with E-state index in [1.165, 1.54) is 41.3 Å². The van der Waals surface area contributed by atoms with E-state index in [1.807, 2.05) is 0 Å². The van der Waals surface area contributed by atoms with E-state index in [4.69, 9.17) is 4.43 Å². The third-order valence-corrected chi connectivity index (χ3v) is 14.2. The zero-order chi connectivity index (χ0) is 32.8. The van der Waals surface area contributed by atoms with Crippen molar-refractivity contribution in [2.75, 3.05) is 6.54 Å². The fourth-order valence-corrected chi connectivity index (χ4v) is 7.61. The summed E-state index contributed by atoms with van der Waals surface area (Å²) in [6, 6.07) is 7.61. The summed E-state index contributed by atoms with van der Waals surface area (Å²) in [5.74, 6) is -1.55. The Morgan fingerprint density at radius 3 is 2.34 bits per heavy atom. The van der Waals surface area contributed by atoms with Crippen LogP contribution in [-0.2, 0) is 34.9 Å². The minimum Gasteiger partial charge on any atom is -0.437 e. The van der Waals surface area contributed by atoms with Gasteiger partial charge in [0.05, 0.1) is 12.1 Å². The molecule has 0 spiro atoms. The van der Waals surface area contributed by atoms with E-state index in [1.54, 1.807) is 6.82 Å². The Hall–Kier alpha value is -2.07. The summed E-state index contributed by atoms with van der Waals surface area (Å²) in [5, 5.41) is 14.3. The molecule has 244 valence electrons. The molecule has 3 atom stereocenters. The van der Waals surface area contributed by atoms with Crippen molar-refractivity contribution < 1.29 is 23.0 Å². The van der Waals surface area contributed by atoms with Gasteiger partial charge in [0.1, 0.15) is 11.6 Å². The van der Waals surface area contributed by atoms with Crippen LogP contribution in [0, 0.1) is 11.6 Å². The largest absolute Gasteiger partial charge is 0.437 e. The smallest absolute Gasteiger partial charge is 0.377 e. The number of carbonyl (C=O) groups excluding carboxylic acids is 1. The molecule has 0 saturated carbocycles. The lowest BCUT2D eigenvalue weighted by Crippen LogP contribution is -2.58. The second kappa shape index (κ2) is 15.5. The molecular weight excluding hydrogens is 573 g/mol. The molecule has 1 amide bonds. The van der Waals surface area contributed by atoms with Crippen molar-refractivity contribution in [3.05, 3.63) is 69.8 Å². The number of nitrogens with one attached hydrogen (secondary N) is 1. The van der Waals surface area contributed by atoms with Gasteiger partial charge in [-0.3, -0.25) is 4.79 Å². The molecule has 2 aromatic rings. The lowest BCUT2D eigenvalue weighted by molar-refractivity contribution is -0.120. The van der Waals surface area contributed by atoms with Gasteiger partial charge >= 0.3 is 7.05 Å². The molecule has 3 rings (SSSR count). The minimum absolute atomic E-state index is 0.0132. The second-order valence-electron chi connectivity index (χ2n) is 14.2. The molecule has 0 saturated heterocycles. The molecular formula is C35H55BF2N2O3Si. The van der Waals surface area contributed by atoms with Crippen molar-refractivity contribution in [1.29, 1.82) is 0 Å². The minimum atomic E-state index is -2.39. The molecule has 9 heteroatoms. The Morgan fingerprint density at radius 1 is 1.14 bits per heavy atom. The average molecular weight is 629 g/mol. The van der Waals surface area contributed by atoms with Crippen LogP contribution in [0.15, 0.2) is 30.3 Å². The van der Waals surface area contributed by atoms with Crippen LogP contribution in [0.1, 0.15) is 101 Å². The number of unbranched alkanes of at least 4 members (excludes halogenated alkanes) is 1. The number of halogens is 2. The topological polar surface area (TPSA) is 61.8 Å². The Kier molecular flexibility index (Phi) is 12.8. The van der Waals surface area contributed by atoms with Crippen molar-refractivity contribution in [3.63, 3.8) is 0 Å². The van der Waals surface area contributed by atoms with Gasteiger partial charge in [0.15, 0.2) is 8.32 Å². The molecule has 0 aliphatic heterocycles. The number of amides is 1. The van der Waals surface area contributed by atoms with Gasteiger partial charge in [0, 0.05) is 25.6 Å². The maximum Gasteiger partial charge on any atom is 0.377 e. The first-order valence-corrected chi connectivity index (χ1v) is 19.4. The third kappa shape index (κ3) is 9.47. The zero-order valence-corrected chi connectivity index (χ0v) is 29.5. The molecule has 0 heterocycles. The molecule has 0 unspecified atom stereocenters. The molecule has 0 aromatic heterocycles. The monoisotopic (exact) mass is 628 g/mol. The number of rotatable bonds is 14. The van der Waals surface area contributed by atoms with Gasteiger partial charge in [-0.25, -0.2) is 8.78 Å². The second-order valence-corrected chi connectivity index (χ2v) is 19.0. The van der Waals surface area contributed by atoms with Crippen molar-refractivity contribution in [2.24, 2.45) is 0 Å². The lowest BCUT2D eigenvalue weighted by Gasteiger charge is -2.45. The van der Waals surface area contributed by atoms with Crippen LogP contribution in [0.4, 0.5) is 8.78 Å². The maximum absolute atomic E-state index is 14.2. The number of fused-ring (bicyclic) bond motifs is 1. The molecule has 1 aliphatic rings. The van der Waals surface area contributed by atoms with E-state index < -0.39 is 39.1 Å². The van der Waals surface area contributed by atoms with Gasteiger partial charge in [-0.05, 0) is 110 Å². The molecule has 2 aromatic carbocycles. The van der Waals surface area contributed by atoms with Crippen molar-refractivity contribution in [2.45, 2.75) is 136 Å². The maximum atomic E-state index is 14.2. The van der Waals surface area contributed by atoms with Gasteiger partial charge in [0.2, 0.25) is 5.91 Å². The summed E-state index contributed by atoms with van der Waals surface area (Å²) in [6.07, 6.45) is 6.92. The van der Waals surface area contributed by atoms with Gasteiger partial charge in [-0.2, -0.15) is 0 Å². The van der Waals surface area contributed by atoms with Gasteiger partial charge in [-0.15, -0.1) is 0 Å². The normalized spacial score (nSPS) is 16.9. The molecule has 2 N–H and O–H groups in total.